The second kappa shape index (κ2) is 12.2. The van der Waals surface area contributed by atoms with Crippen molar-refractivity contribution in [2.75, 3.05) is 17.2 Å². The molecule has 0 spiro atoms. The van der Waals surface area contributed by atoms with Crippen LogP contribution in [0.5, 0.6) is 5.75 Å². The van der Waals surface area contributed by atoms with Gasteiger partial charge in [0.1, 0.15) is 5.75 Å². The van der Waals surface area contributed by atoms with E-state index in [9.17, 15) is 14.4 Å². The molecule has 0 saturated heterocycles. The average molecular weight is 496 g/mol. The van der Waals surface area contributed by atoms with Crippen molar-refractivity contribution < 1.29 is 14.3 Å². The zero-order valence-corrected chi connectivity index (χ0v) is 21.0. The fourth-order valence-electron chi connectivity index (χ4n) is 3.23. The number of hydrogen-bond donors (Lipinski definition) is 3. The standard InChI is InChI=1S/C25H29N5O4S/c1-5-20(23(32)26-16-9-11-17(12-10-16)34-7-3)35-25-28-24(33)22(29-30-25)18-14-15(4)8-13-19(18)27-21(31)6-2/h8-14,20H,5-7H2,1-4H3,(H,26,32)(H,27,31)(H,28,30,33)/t20-/m1/s1. The topological polar surface area (TPSA) is 126 Å². The molecule has 0 radical (unpaired) electrons. The molecule has 35 heavy (non-hydrogen) atoms. The summed E-state index contributed by atoms with van der Waals surface area (Å²) in [4.78, 5) is 40.3. The van der Waals surface area contributed by atoms with Crippen molar-refractivity contribution in [3.8, 4) is 17.0 Å². The summed E-state index contributed by atoms with van der Waals surface area (Å²) in [6, 6.07) is 12.5. The number of amides is 2. The van der Waals surface area contributed by atoms with Crippen LogP contribution in [-0.2, 0) is 9.59 Å². The lowest BCUT2D eigenvalue weighted by molar-refractivity contribution is -0.116. The lowest BCUT2D eigenvalue weighted by Crippen LogP contribution is -2.25. The van der Waals surface area contributed by atoms with Crippen LogP contribution >= 0.6 is 11.8 Å². The third-order valence-corrected chi connectivity index (χ3v) is 6.29. The molecule has 1 heterocycles. The normalized spacial score (nSPS) is 11.5. The lowest BCUT2D eigenvalue weighted by atomic mass is 10.1. The number of H-pyrrole nitrogens is 1. The summed E-state index contributed by atoms with van der Waals surface area (Å²) >= 11 is 1.13. The monoisotopic (exact) mass is 495 g/mol. The first-order valence-corrected chi connectivity index (χ1v) is 12.3. The average Bonchev–Trinajstić information content (AvgIpc) is 2.85. The number of aromatic nitrogens is 3. The Labute approximate surface area is 208 Å². The number of carbonyl (C=O) groups is 2. The minimum absolute atomic E-state index is 0.0938. The molecule has 3 N–H and O–H groups in total. The summed E-state index contributed by atoms with van der Waals surface area (Å²) in [6.07, 6.45) is 0.826. The van der Waals surface area contributed by atoms with Gasteiger partial charge >= 0.3 is 0 Å². The van der Waals surface area contributed by atoms with Crippen molar-refractivity contribution in [1.29, 1.82) is 0 Å². The van der Waals surface area contributed by atoms with Crippen LogP contribution in [0, 0.1) is 6.92 Å². The predicted octanol–water partition coefficient (Wildman–Crippen LogP) is 4.40. The molecule has 0 fully saturated rings. The quantitative estimate of drug-likeness (QED) is 0.356. The Kier molecular flexibility index (Phi) is 9.02. The van der Waals surface area contributed by atoms with Crippen LogP contribution in [0.2, 0.25) is 0 Å². The first-order chi connectivity index (χ1) is 16.8. The molecule has 3 rings (SSSR count). The van der Waals surface area contributed by atoms with Crippen molar-refractivity contribution in [3.63, 3.8) is 0 Å². The van der Waals surface area contributed by atoms with Gasteiger partial charge in [0, 0.05) is 17.7 Å². The number of thioether (sulfide) groups is 1. The maximum absolute atomic E-state index is 12.9. The van der Waals surface area contributed by atoms with Crippen LogP contribution in [0.4, 0.5) is 11.4 Å². The van der Waals surface area contributed by atoms with Gasteiger partial charge in [0.05, 0.1) is 17.5 Å². The molecular weight excluding hydrogens is 466 g/mol. The third kappa shape index (κ3) is 6.92. The second-order valence-corrected chi connectivity index (χ2v) is 8.91. The van der Waals surface area contributed by atoms with Crippen LogP contribution in [0.3, 0.4) is 0 Å². The maximum Gasteiger partial charge on any atom is 0.278 e. The molecule has 9 nitrogen and oxygen atoms in total. The SMILES string of the molecule is CCOc1ccc(NC(=O)[C@@H](CC)Sc2nnc(-c3cc(C)ccc3NC(=O)CC)c(=O)[nH]2)cc1. The van der Waals surface area contributed by atoms with Crippen molar-refractivity contribution in [2.45, 2.75) is 50.9 Å². The molecule has 0 aliphatic rings. The first-order valence-electron chi connectivity index (χ1n) is 11.4. The zero-order chi connectivity index (χ0) is 25.4. The minimum atomic E-state index is -0.490. The molecule has 0 bridgehead atoms. The molecule has 0 saturated carbocycles. The number of rotatable bonds is 10. The Bertz CT molecular complexity index is 1240. The van der Waals surface area contributed by atoms with E-state index in [0.29, 0.717) is 36.4 Å². The molecule has 0 aliphatic carbocycles. The summed E-state index contributed by atoms with van der Waals surface area (Å²) in [7, 11) is 0. The van der Waals surface area contributed by atoms with Crippen LogP contribution in [0.25, 0.3) is 11.3 Å². The van der Waals surface area contributed by atoms with Crippen LogP contribution < -0.4 is 20.9 Å². The van der Waals surface area contributed by atoms with Crippen LogP contribution in [0.15, 0.2) is 52.4 Å². The van der Waals surface area contributed by atoms with Gasteiger partial charge in [-0.3, -0.25) is 19.4 Å². The van der Waals surface area contributed by atoms with Crippen molar-refractivity contribution in [3.05, 3.63) is 58.4 Å². The minimum Gasteiger partial charge on any atom is -0.494 e. The lowest BCUT2D eigenvalue weighted by Gasteiger charge is -2.14. The molecule has 2 amide bonds. The summed E-state index contributed by atoms with van der Waals surface area (Å²) in [5.41, 5.74) is 2.17. The molecule has 184 valence electrons. The highest BCUT2D eigenvalue weighted by molar-refractivity contribution is 8.00. The van der Waals surface area contributed by atoms with Gasteiger partial charge in [0.15, 0.2) is 10.9 Å². The van der Waals surface area contributed by atoms with E-state index in [-0.39, 0.29) is 22.7 Å². The van der Waals surface area contributed by atoms with E-state index in [1.807, 2.05) is 26.8 Å². The zero-order valence-electron chi connectivity index (χ0n) is 20.2. The van der Waals surface area contributed by atoms with E-state index in [1.165, 1.54) is 0 Å². The van der Waals surface area contributed by atoms with E-state index < -0.39 is 10.8 Å². The van der Waals surface area contributed by atoms with Gasteiger partial charge in [0.25, 0.3) is 5.56 Å². The number of ether oxygens (including phenoxy) is 1. The highest BCUT2D eigenvalue weighted by atomic mass is 32.2. The molecule has 2 aromatic carbocycles. The Morgan fingerprint density at radius 2 is 1.80 bits per heavy atom. The van der Waals surface area contributed by atoms with Crippen LogP contribution in [0.1, 0.15) is 39.2 Å². The van der Waals surface area contributed by atoms with Gasteiger partial charge in [0.2, 0.25) is 11.8 Å². The number of aryl methyl sites for hydroxylation is 1. The largest absolute Gasteiger partial charge is 0.494 e. The highest BCUT2D eigenvalue weighted by Crippen LogP contribution is 2.27. The third-order valence-electron chi connectivity index (χ3n) is 5.05. The molecular formula is C25H29N5O4S. The number of carbonyl (C=O) groups excluding carboxylic acids is 2. The summed E-state index contributed by atoms with van der Waals surface area (Å²) < 4.78 is 5.42. The molecule has 1 atom stereocenters. The fraction of sp³-hybridized carbons (Fsp3) is 0.320. The van der Waals surface area contributed by atoms with Gasteiger partial charge in [-0.25, -0.2) is 0 Å². The maximum atomic E-state index is 12.9. The Balaban J connectivity index is 1.76. The second-order valence-electron chi connectivity index (χ2n) is 7.72. The molecule has 0 aliphatic heterocycles. The number of anilines is 2. The van der Waals surface area contributed by atoms with E-state index in [1.54, 1.807) is 43.3 Å². The summed E-state index contributed by atoms with van der Waals surface area (Å²) in [5, 5.41) is 13.7. The number of nitrogens with zero attached hydrogens (tertiary/aromatic N) is 2. The van der Waals surface area contributed by atoms with Crippen LogP contribution in [-0.4, -0.2) is 38.9 Å². The van der Waals surface area contributed by atoms with E-state index in [2.05, 4.69) is 25.8 Å². The van der Waals surface area contributed by atoms with E-state index in [0.717, 1.165) is 23.1 Å². The molecule has 10 heteroatoms. The Morgan fingerprint density at radius 1 is 1.06 bits per heavy atom. The van der Waals surface area contributed by atoms with Gasteiger partial charge in [-0.15, -0.1) is 10.2 Å². The van der Waals surface area contributed by atoms with E-state index in [4.69, 9.17) is 4.74 Å². The summed E-state index contributed by atoms with van der Waals surface area (Å²) in [5.74, 6) is 0.346. The Hall–Kier alpha value is -3.66. The number of aromatic amines is 1. The highest BCUT2D eigenvalue weighted by Gasteiger charge is 2.21. The molecule has 1 aromatic heterocycles. The van der Waals surface area contributed by atoms with Gasteiger partial charge in [-0.2, -0.15) is 0 Å². The van der Waals surface area contributed by atoms with Gasteiger partial charge in [-0.1, -0.05) is 37.2 Å². The smallest absolute Gasteiger partial charge is 0.278 e. The molecule has 3 aromatic rings. The van der Waals surface area contributed by atoms with Crippen molar-refractivity contribution >= 4 is 35.0 Å². The van der Waals surface area contributed by atoms with Crippen molar-refractivity contribution in [1.82, 2.24) is 15.2 Å². The van der Waals surface area contributed by atoms with Crippen molar-refractivity contribution in [2.24, 2.45) is 0 Å². The van der Waals surface area contributed by atoms with Gasteiger partial charge < -0.3 is 15.4 Å². The number of benzene rings is 2. The van der Waals surface area contributed by atoms with Gasteiger partial charge in [-0.05, 0) is 56.7 Å². The predicted molar refractivity (Wildman–Crippen MR) is 138 cm³/mol. The number of nitrogens with one attached hydrogen (secondary N) is 3. The molecule has 0 unspecified atom stereocenters. The fourth-order valence-corrected chi connectivity index (χ4v) is 4.08. The Morgan fingerprint density at radius 3 is 2.43 bits per heavy atom. The summed E-state index contributed by atoms with van der Waals surface area (Å²) in [6.45, 7) is 7.98. The first kappa shape index (κ1) is 26.0. The van der Waals surface area contributed by atoms with E-state index >= 15 is 0 Å². The number of hydrogen-bond acceptors (Lipinski definition) is 7.